The number of fused-ring (bicyclic) bond motifs is 3. The van der Waals surface area contributed by atoms with E-state index in [9.17, 15) is 0 Å². The predicted molar refractivity (Wildman–Crippen MR) is 79.7 cm³/mol. The van der Waals surface area contributed by atoms with Gasteiger partial charge in [-0.1, -0.05) is 25.5 Å². The molecule has 1 aromatic rings. The molecule has 0 bridgehead atoms. The molecule has 1 nitrogen and oxygen atoms in total. The molecule has 1 aromatic carbocycles. The van der Waals surface area contributed by atoms with Crippen molar-refractivity contribution < 1.29 is 4.74 Å². The molecule has 0 unspecified atom stereocenters. The SMILES string of the molecule is C=C[C@@H]1CCC[C@]2(C)c3ccc(OC)cc3CC[C@@H]12. The van der Waals surface area contributed by atoms with Crippen molar-refractivity contribution in [2.45, 2.75) is 44.4 Å². The van der Waals surface area contributed by atoms with Crippen LogP contribution in [0.1, 0.15) is 43.7 Å². The Morgan fingerprint density at radius 3 is 2.95 bits per heavy atom. The lowest BCUT2D eigenvalue weighted by Gasteiger charge is -2.49. The lowest BCUT2D eigenvalue weighted by atomic mass is 9.55. The molecule has 0 spiro atoms. The summed E-state index contributed by atoms with van der Waals surface area (Å²) >= 11 is 0. The van der Waals surface area contributed by atoms with Gasteiger partial charge >= 0.3 is 0 Å². The zero-order valence-corrected chi connectivity index (χ0v) is 12.1. The van der Waals surface area contributed by atoms with E-state index in [1.165, 1.54) is 37.7 Å². The first-order valence-electron chi connectivity index (χ1n) is 7.49. The first-order chi connectivity index (χ1) is 9.19. The highest BCUT2D eigenvalue weighted by Gasteiger charge is 2.45. The molecule has 0 saturated heterocycles. The second-order valence-electron chi connectivity index (χ2n) is 6.38. The van der Waals surface area contributed by atoms with E-state index in [-0.39, 0.29) is 0 Å². The van der Waals surface area contributed by atoms with E-state index in [0.29, 0.717) is 11.3 Å². The maximum absolute atomic E-state index is 5.38. The van der Waals surface area contributed by atoms with Crippen molar-refractivity contribution in [3.8, 4) is 5.75 Å². The smallest absolute Gasteiger partial charge is 0.119 e. The van der Waals surface area contributed by atoms with E-state index in [2.05, 4.69) is 37.8 Å². The third kappa shape index (κ3) is 1.91. The van der Waals surface area contributed by atoms with Crippen LogP contribution in [0, 0.1) is 11.8 Å². The molecule has 2 aliphatic rings. The van der Waals surface area contributed by atoms with Gasteiger partial charge in [0.15, 0.2) is 0 Å². The minimum atomic E-state index is 0.344. The molecule has 0 amide bonds. The van der Waals surface area contributed by atoms with Crippen LogP contribution in [-0.2, 0) is 11.8 Å². The predicted octanol–water partition coefficient (Wildman–Crippen LogP) is 4.50. The summed E-state index contributed by atoms with van der Waals surface area (Å²) < 4.78 is 5.38. The summed E-state index contributed by atoms with van der Waals surface area (Å²) in [7, 11) is 1.75. The van der Waals surface area contributed by atoms with Gasteiger partial charge in [-0.15, -0.1) is 6.58 Å². The van der Waals surface area contributed by atoms with Crippen LogP contribution in [0.3, 0.4) is 0 Å². The highest BCUT2D eigenvalue weighted by Crippen LogP contribution is 2.52. The van der Waals surface area contributed by atoms with Gasteiger partial charge in [0.2, 0.25) is 0 Å². The van der Waals surface area contributed by atoms with Gasteiger partial charge in [0.05, 0.1) is 7.11 Å². The maximum atomic E-state index is 5.38. The number of methoxy groups -OCH3 is 1. The van der Waals surface area contributed by atoms with Crippen molar-refractivity contribution >= 4 is 0 Å². The fourth-order valence-corrected chi connectivity index (χ4v) is 4.49. The molecule has 3 rings (SSSR count). The van der Waals surface area contributed by atoms with E-state index in [1.54, 1.807) is 12.7 Å². The minimum absolute atomic E-state index is 0.344. The summed E-state index contributed by atoms with van der Waals surface area (Å²) in [6.07, 6.45) is 8.67. The lowest BCUT2D eigenvalue weighted by Crippen LogP contribution is -2.43. The molecule has 1 heteroatoms. The summed E-state index contributed by atoms with van der Waals surface area (Å²) in [5.41, 5.74) is 3.41. The Morgan fingerprint density at radius 1 is 1.37 bits per heavy atom. The van der Waals surface area contributed by atoms with Crippen LogP contribution < -0.4 is 4.74 Å². The van der Waals surface area contributed by atoms with Crippen LogP contribution in [0.2, 0.25) is 0 Å². The van der Waals surface area contributed by atoms with Gasteiger partial charge in [0.25, 0.3) is 0 Å². The summed E-state index contributed by atoms with van der Waals surface area (Å²) in [4.78, 5) is 0. The summed E-state index contributed by atoms with van der Waals surface area (Å²) in [5, 5.41) is 0. The Labute approximate surface area is 116 Å². The van der Waals surface area contributed by atoms with Crippen LogP contribution in [0.4, 0.5) is 0 Å². The van der Waals surface area contributed by atoms with Gasteiger partial charge in [0, 0.05) is 0 Å². The molecule has 0 radical (unpaired) electrons. The standard InChI is InChI=1S/C18H24O/c1-4-13-6-5-11-18(2)16(13)9-7-14-12-15(19-3)8-10-17(14)18/h4,8,10,12-13,16H,1,5-7,9,11H2,2-3H3/t13-,16+,18+/m1/s1. The molecule has 102 valence electrons. The molecular formula is C18H24O. The Kier molecular flexibility index (Phi) is 3.16. The molecule has 3 atom stereocenters. The molecular weight excluding hydrogens is 232 g/mol. The van der Waals surface area contributed by atoms with Crippen molar-refractivity contribution in [2.24, 2.45) is 11.8 Å². The van der Waals surface area contributed by atoms with Gasteiger partial charge in [-0.25, -0.2) is 0 Å². The van der Waals surface area contributed by atoms with Crippen molar-refractivity contribution in [2.75, 3.05) is 7.11 Å². The van der Waals surface area contributed by atoms with Gasteiger partial charge in [-0.2, -0.15) is 0 Å². The van der Waals surface area contributed by atoms with Crippen molar-refractivity contribution in [3.05, 3.63) is 42.0 Å². The van der Waals surface area contributed by atoms with Gasteiger partial charge in [-0.3, -0.25) is 0 Å². The number of benzene rings is 1. The number of hydrogen-bond donors (Lipinski definition) is 0. The Balaban J connectivity index is 2.04. The van der Waals surface area contributed by atoms with E-state index in [0.717, 1.165) is 11.7 Å². The monoisotopic (exact) mass is 256 g/mol. The number of rotatable bonds is 2. The number of ether oxygens (including phenoxy) is 1. The zero-order chi connectivity index (χ0) is 13.5. The molecule has 1 saturated carbocycles. The average Bonchev–Trinajstić information content (AvgIpc) is 2.45. The van der Waals surface area contributed by atoms with E-state index in [4.69, 9.17) is 4.74 Å². The maximum Gasteiger partial charge on any atom is 0.119 e. The summed E-state index contributed by atoms with van der Waals surface area (Å²) in [5.74, 6) is 2.48. The average molecular weight is 256 g/mol. The normalized spacial score (nSPS) is 33.2. The molecule has 0 aliphatic heterocycles. The topological polar surface area (TPSA) is 9.23 Å². The highest BCUT2D eigenvalue weighted by molar-refractivity contribution is 5.43. The third-order valence-electron chi connectivity index (χ3n) is 5.52. The fourth-order valence-electron chi connectivity index (χ4n) is 4.49. The van der Waals surface area contributed by atoms with Gasteiger partial charge < -0.3 is 4.74 Å². The Hall–Kier alpha value is -1.24. The molecule has 0 aromatic heterocycles. The fraction of sp³-hybridized carbons (Fsp3) is 0.556. The molecule has 0 N–H and O–H groups in total. The quantitative estimate of drug-likeness (QED) is 0.708. The van der Waals surface area contributed by atoms with Crippen LogP contribution >= 0.6 is 0 Å². The molecule has 19 heavy (non-hydrogen) atoms. The van der Waals surface area contributed by atoms with Crippen LogP contribution in [0.15, 0.2) is 30.9 Å². The number of allylic oxidation sites excluding steroid dienone is 1. The minimum Gasteiger partial charge on any atom is -0.497 e. The highest BCUT2D eigenvalue weighted by atomic mass is 16.5. The second-order valence-corrected chi connectivity index (χ2v) is 6.38. The van der Waals surface area contributed by atoms with Crippen LogP contribution in [-0.4, -0.2) is 7.11 Å². The summed E-state index contributed by atoms with van der Waals surface area (Å²) in [6, 6.07) is 6.68. The Morgan fingerprint density at radius 2 is 2.21 bits per heavy atom. The van der Waals surface area contributed by atoms with Crippen molar-refractivity contribution in [1.82, 2.24) is 0 Å². The van der Waals surface area contributed by atoms with Crippen LogP contribution in [0.5, 0.6) is 5.75 Å². The number of aryl methyl sites for hydroxylation is 1. The lowest BCUT2D eigenvalue weighted by molar-refractivity contribution is 0.134. The molecule has 2 aliphatic carbocycles. The van der Waals surface area contributed by atoms with E-state index >= 15 is 0 Å². The molecule has 1 fully saturated rings. The Bertz CT molecular complexity index is 490. The largest absolute Gasteiger partial charge is 0.497 e. The number of hydrogen-bond acceptors (Lipinski definition) is 1. The summed E-state index contributed by atoms with van der Waals surface area (Å²) in [6.45, 7) is 6.54. The van der Waals surface area contributed by atoms with Crippen LogP contribution in [0.25, 0.3) is 0 Å². The van der Waals surface area contributed by atoms with Crippen molar-refractivity contribution in [1.29, 1.82) is 0 Å². The van der Waals surface area contributed by atoms with E-state index < -0.39 is 0 Å². The van der Waals surface area contributed by atoms with Gasteiger partial charge in [-0.05, 0) is 66.2 Å². The first kappa shape index (κ1) is 12.8. The third-order valence-corrected chi connectivity index (χ3v) is 5.52. The second kappa shape index (κ2) is 4.70. The first-order valence-corrected chi connectivity index (χ1v) is 7.49. The van der Waals surface area contributed by atoms with E-state index in [1.807, 2.05) is 0 Å². The van der Waals surface area contributed by atoms with Gasteiger partial charge in [0.1, 0.15) is 5.75 Å². The zero-order valence-electron chi connectivity index (χ0n) is 12.1. The van der Waals surface area contributed by atoms with Crippen molar-refractivity contribution in [3.63, 3.8) is 0 Å². The molecule has 0 heterocycles.